The molecule has 2 saturated carbocycles. The Kier molecular flexibility index (Phi) is 13.5. The lowest BCUT2D eigenvalue weighted by Crippen LogP contribution is -2.76. The average Bonchev–Trinajstić information content (AvgIpc) is 4.16. The Hall–Kier alpha value is -4.73. The molecule has 420 valence electrons. The maximum atomic E-state index is 15.4. The summed E-state index contributed by atoms with van der Waals surface area (Å²) >= 11 is 1.53. The van der Waals surface area contributed by atoms with Crippen molar-refractivity contribution in [2.75, 3.05) is 97.4 Å². The number of anilines is 1. The third-order valence-electron chi connectivity index (χ3n) is 18.9. The molecule has 78 heavy (non-hydrogen) atoms. The number of thiazole rings is 1. The molecule has 2 aliphatic carbocycles. The number of aromatic nitrogens is 3. The van der Waals surface area contributed by atoms with Crippen LogP contribution in [-0.2, 0) is 46.2 Å². The van der Waals surface area contributed by atoms with E-state index in [0.29, 0.717) is 78.4 Å². The summed E-state index contributed by atoms with van der Waals surface area (Å²) in [4.78, 5) is 64.4. The third kappa shape index (κ3) is 9.72. The minimum atomic E-state index is -1.06. The molecule has 3 aromatic heterocycles. The number of amides is 3. The molecule has 9 fully saturated rings. The van der Waals surface area contributed by atoms with Gasteiger partial charge >= 0.3 is 12.0 Å². The number of hydrazine groups is 1. The smallest absolute Gasteiger partial charge is 0.328 e. The van der Waals surface area contributed by atoms with Crippen molar-refractivity contribution in [3.63, 3.8) is 0 Å². The number of fused-ring (bicyclic) bond motifs is 4. The van der Waals surface area contributed by atoms with Crippen molar-refractivity contribution in [1.82, 2.24) is 45.0 Å². The zero-order valence-corrected chi connectivity index (χ0v) is 47.6. The van der Waals surface area contributed by atoms with E-state index in [1.807, 2.05) is 13.1 Å². The number of benzene rings is 1. The molecular formula is C59H80N10O8S. The van der Waals surface area contributed by atoms with Crippen LogP contribution < -0.4 is 15.6 Å². The largest absolute Gasteiger partial charge is 0.464 e. The fourth-order valence-electron chi connectivity index (χ4n) is 14.1. The molecule has 4 aromatic rings. The summed E-state index contributed by atoms with van der Waals surface area (Å²) in [7, 11) is 1.75. The fraction of sp³-hybridized carbons (Fsp3) is 0.678. The summed E-state index contributed by atoms with van der Waals surface area (Å²) in [6.07, 6.45) is 8.67. The fourth-order valence-corrected chi connectivity index (χ4v) is 15.1. The topological polar surface area (TPSA) is 168 Å². The highest BCUT2D eigenvalue weighted by atomic mass is 32.1. The first-order chi connectivity index (χ1) is 37.5. The molecule has 19 heteroatoms. The van der Waals surface area contributed by atoms with E-state index in [2.05, 4.69) is 94.3 Å². The van der Waals surface area contributed by atoms with Gasteiger partial charge in [-0.1, -0.05) is 19.9 Å². The van der Waals surface area contributed by atoms with Gasteiger partial charge in [-0.3, -0.25) is 24.6 Å². The Morgan fingerprint density at radius 3 is 2.46 bits per heavy atom. The highest BCUT2D eigenvalue weighted by molar-refractivity contribution is 7.10. The zero-order chi connectivity index (χ0) is 53.9. The van der Waals surface area contributed by atoms with Gasteiger partial charge in [0.2, 0.25) is 0 Å². The molecule has 2 N–H and O–H groups in total. The molecule has 1 aromatic carbocycles. The van der Waals surface area contributed by atoms with Crippen molar-refractivity contribution < 1.29 is 38.1 Å². The van der Waals surface area contributed by atoms with Crippen LogP contribution in [0.4, 0.5) is 10.5 Å². The van der Waals surface area contributed by atoms with Gasteiger partial charge in [-0.05, 0) is 102 Å². The number of cyclic esters (lactones) is 1. The molecule has 10 aliphatic rings. The Morgan fingerprint density at radius 2 is 1.77 bits per heavy atom. The molecule has 3 amide bonds. The molecule has 0 unspecified atom stereocenters. The van der Waals surface area contributed by atoms with Gasteiger partial charge in [0, 0.05) is 129 Å². The predicted molar refractivity (Wildman–Crippen MR) is 297 cm³/mol. The van der Waals surface area contributed by atoms with Crippen LogP contribution in [-0.4, -0.2) is 180 Å². The predicted octanol–water partition coefficient (Wildman–Crippen LogP) is 6.96. The number of carbonyl (C=O) groups is 3. The number of methoxy groups -OCH3 is 1. The SMILES string of the molecule is CO[C@@H](C)c1ncc(N2CCN(C3CC3)CC2)cc1-c1c2c3cc(ccc3n1CCO[C@H]1CCOC(C)(C)C1)-c1csc(n1)[C@@H](N1CC3(COC3)C1)[C@H](NC(=O)N1CC[C@H]1C)C(=O)N1CC3CC(C3)(N1)C(=O)OCC(C)(C)C2. The number of pyridine rings is 1. The van der Waals surface area contributed by atoms with E-state index in [0.717, 1.165) is 107 Å². The van der Waals surface area contributed by atoms with Crippen molar-refractivity contribution >= 4 is 45.8 Å². The number of carbonyl (C=O) groups excluding carboxylic acids is 3. The second-order valence-corrected chi connectivity index (χ2v) is 27.0. The average molecular weight is 1090 g/mol. The van der Waals surface area contributed by atoms with Gasteiger partial charge in [-0.15, -0.1) is 11.3 Å². The minimum absolute atomic E-state index is 0.0159. The number of rotatable bonds is 11. The van der Waals surface area contributed by atoms with Gasteiger partial charge in [0.15, 0.2) is 0 Å². The molecule has 8 aliphatic heterocycles. The Bertz CT molecular complexity index is 2950. The number of hydrogen-bond donors (Lipinski definition) is 2. The number of urea groups is 1. The van der Waals surface area contributed by atoms with Crippen molar-refractivity contribution in [3.8, 4) is 22.5 Å². The quantitative estimate of drug-likeness (QED) is 0.148. The van der Waals surface area contributed by atoms with E-state index in [4.69, 9.17) is 33.7 Å². The zero-order valence-electron chi connectivity index (χ0n) is 46.8. The first kappa shape index (κ1) is 52.6. The van der Waals surface area contributed by atoms with Crippen LogP contribution in [0.15, 0.2) is 35.8 Å². The summed E-state index contributed by atoms with van der Waals surface area (Å²) in [6, 6.07) is 7.99. The number of hydrogen-bond acceptors (Lipinski definition) is 15. The minimum Gasteiger partial charge on any atom is -0.464 e. The molecule has 18 nitrogen and oxygen atoms in total. The number of nitrogens with one attached hydrogen (secondary N) is 2. The number of nitrogens with zero attached hydrogens (tertiary/aromatic N) is 8. The van der Waals surface area contributed by atoms with Gasteiger partial charge in [-0.2, -0.15) is 0 Å². The van der Waals surface area contributed by atoms with E-state index in [-0.39, 0.29) is 59.7 Å². The number of ether oxygens (including phenoxy) is 5. The molecule has 0 radical (unpaired) electrons. The first-order valence-corrected chi connectivity index (χ1v) is 29.9. The Labute approximate surface area is 462 Å². The van der Waals surface area contributed by atoms with Crippen molar-refractivity contribution in [2.45, 2.75) is 147 Å². The first-order valence-electron chi connectivity index (χ1n) is 29.0. The second kappa shape index (κ2) is 20.1. The standard InChI is InChI=1S/C59H80N10O8S/c1-36-12-14-67(36)55(72)62-49-51(66-31-58(32-66)34-74-35-58)52-61-46(30-78-52)39-8-11-47-43(22-39)45(27-56(3,4)33-76-54(71)59-24-38(25-59)29-69(63-59)53(49)70)50(68(47)19-21-75-42-13-20-77-57(5,6)26-42)44-23-41(28-60-48(44)37(2)73-7)65-17-15-64(16-18-65)40-9-10-40/h8,11,22-23,28,30,36-38,40,42,49,51,63H,9-10,12-21,24-27,29,31-35H2,1-7H3,(H,62,72)/t36-,37+,38?,42+,49+,51+,59?/m1/s1. The van der Waals surface area contributed by atoms with Crippen LogP contribution in [0.3, 0.4) is 0 Å². The molecule has 7 bridgehead atoms. The molecule has 7 saturated heterocycles. The van der Waals surface area contributed by atoms with E-state index < -0.39 is 23.0 Å². The lowest BCUT2D eigenvalue weighted by molar-refractivity contribution is -0.203. The molecule has 5 atom stereocenters. The van der Waals surface area contributed by atoms with Crippen LogP contribution in [0.1, 0.15) is 115 Å². The van der Waals surface area contributed by atoms with E-state index >= 15 is 4.79 Å². The van der Waals surface area contributed by atoms with Crippen LogP contribution in [0.25, 0.3) is 33.4 Å². The van der Waals surface area contributed by atoms with Gasteiger partial charge < -0.3 is 43.4 Å². The maximum absolute atomic E-state index is 15.4. The van der Waals surface area contributed by atoms with Crippen LogP contribution in [0.5, 0.6) is 0 Å². The maximum Gasteiger partial charge on any atom is 0.328 e. The highest BCUT2D eigenvalue weighted by Gasteiger charge is 2.60. The van der Waals surface area contributed by atoms with E-state index in [1.54, 1.807) is 17.0 Å². The number of likely N-dealkylation sites (tertiary alicyclic amines) is 2. The summed E-state index contributed by atoms with van der Waals surface area (Å²) < 4.78 is 33.8. The van der Waals surface area contributed by atoms with Crippen LogP contribution >= 0.6 is 11.3 Å². The van der Waals surface area contributed by atoms with Gasteiger partial charge in [0.05, 0.1) is 79.2 Å². The van der Waals surface area contributed by atoms with E-state index in [9.17, 15) is 9.59 Å². The molecule has 11 heterocycles. The van der Waals surface area contributed by atoms with Crippen molar-refractivity contribution in [3.05, 3.63) is 52.1 Å². The summed E-state index contributed by atoms with van der Waals surface area (Å²) in [6.45, 7) is 22.4. The lowest BCUT2D eigenvalue weighted by atomic mass is 9.66. The third-order valence-corrected chi connectivity index (χ3v) is 19.8. The molecule has 2 spiro atoms. The normalized spacial score (nSPS) is 30.2. The Balaban J connectivity index is 0.956. The summed E-state index contributed by atoms with van der Waals surface area (Å²) in [5.41, 5.74) is 9.53. The lowest BCUT2D eigenvalue weighted by Gasteiger charge is -2.58. The highest BCUT2D eigenvalue weighted by Crippen LogP contribution is 2.49. The summed E-state index contributed by atoms with van der Waals surface area (Å²) in [5, 5.41) is 8.80. The molecular weight excluding hydrogens is 1010 g/mol. The van der Waals surface area contributed by atoms with Gasteiger partial charge in [0.25, 0.3) is 5.91 Å². The van der Waals surface area contributed by atoms with Crippen molar-refractivity contribution in [2.24, 2.45) is 16.7 Å². The monoisotopic (exact) mass is 1090 g/mol. The van der Waals surface area contributed by atoms with Crippen molar-refractivity contribution in [1.29, 1.82) is 0 Å². The Morgan fingerprint density at radius 1 is 0.974 bits per heavy atom. The number of piperazine rings is 1. The number of esters is 1. The van der Waals surface area contributed by atoms with Gasteiger partial charge in [0.1, 0.15) is 16.6 Å². The van der Waals surface area contributed by atoms with Crippen LogP contribution in [0, 0.1) is 16.7 Å². The van der Waals surface area contributed by atoms with E-state index in [1.165, 1.54) is 24.2 Å². The summed E-state index contributed by atoms with van der Waals surface area (Å²) in [5.74, 6) is -0.530. The molecule has 14 rings (SSSR count). The van der Waals surface area contributed by atoms with Gasteiger partial charge in [-0.25, -0.2) is 20.0 Å². The second-order valence-electron chi connectivity index (χ2n) is 26.1. The van der Waals surface area contributed by atoms with Crippen LogP contribution in [0.2, 0.25) is 0 Å².